The summed E-state index contributed by atoms with van der Waals surface area (Å²) in [4.78, 5) is 13.8. The Bertz CT molecular complexity index is 633. The Hall–Kier alpha value is -1.52. The number of hydrogen-bond donors (Lipinski definition) is 0. The van der Waals surface area contributed by atoms with E-state index in [1.165, 1.54) is 11.3 Å². The number of nitrogens with zero attached hydrogens (tertiary/aromatic N) is 3. The molecule has 0 aliphatic heterocycles. The van der Waals surface area contributed by atoms with Crippen LogP contribution in [0.1, 0.15) is 0 Å². The average Bonchev–Trinajstić information content (AvgIpc) is 2.77. The lowest BCUT2D eigenvalue weighted by atomic mass is 10.2. The number of halogens is 1. The third-order valence-electron chi connectivity index (χ3n) is 2.19. The topological polar surface area (TPSA) is 38.7 Å². The van der Waals surface area contributed by atoms with Crippen LogP contribution >= 0.6 is 22.9 Å². The standard InChI is InChI=1S/C11H6ClN3S/c12-7-1-2-8(13-5-7)9-3-4-10-11(15-9)16-6-14-10/h1-6H. The van der Waals surface area contributed by atoms with Crippen LogP contribution in [0.15, 0.2) is 36.0 Å². The van der Waals surface area contributed by atoms with E-state index in [2.05, 4.69) is 15.0 Å². The molecule has 0 unspecified atom stereocenters. The predicted octanol–water partition coefficient (Wildman–Crippen LogP) is 3.41. The summed E-state index contributed by atoms with van der Waals surface area (Å²) in [5, 5.41) is 0.627. The van der Waals surface area contributed by atoms with Gasteiger partial charge in [0, 0.05) is 6.20 Å². The van der Waals surface area contributed by atoms with Gasteiger partial charge in [-0.3, -0.25) is 4.98 Å². The molecular formula is C11H6ClN3S. The zero-order chi connectivity index (χ0) is 11.0. The third-order valence-corrected chi connectivity index (χ3v) is 3.14. The van der Waals surface area contributed by atoms with E-state index in [9.17, 15) is 0 Å². The molecule has 78 valence electrons. The summed E-state index contributed by atoms with van der Waals surface area (Å²) in [7, 11) is 0. The van der Waals surface area contributed by atoms with Gasteiger partial charge in [-0.2, -0.15) is 0 Å². The van der Waals surface area contributed by atoms with Crippen LogP contribution in [0.25, 0.3) is 21.7 Å². The molecule has 3 aromatic heterocycles. The highest BCUT2D eigenvalue weighted by atomic mass is 35.5. The molecule has 16 heavy (non-hydrogen) atoms. The molecule has 0 aliphatic carbocycles. The molecule has 0 N–H and O–H groups in total. The van der Waals surface area contributed by atoms with Gasteiger partial charge in [-0.15, -0.1) is 11.3 Å². The first kappa shape index (κ1) is 9.69. The zero-order valence-electron chi connectivity index (χ0n) is 8.09. The number of pyridine rings is 2. The summed E-state index contributed by atoms with van der Waals surface area (Å²) in [5.41, 5.74) is 4.37. The molecule has 3 heterocycles. The zero-order valence-corrected chi connectivity index (χ0v) is 9.66. The summed E-state index contributed by atoms with van der Waals surface area (Å²) < 4.78 is 0. The van der Waals surface area contributed by atoms with Crippen LogP contribution in [0.3, 0.4) is 0 Å². The van der Waals surface area contributed by atoms with Gasteiger partial charge < -0.3 is 0 Å². The van der Waals surface area contributed by atoms with Crippen molar-refractivity contribution in [2.24, 2.45) is 0 Å². The highest BCUT2D eigenvalue weighted by Crippen LogP contribution is 2.21. The first-order valence-electron chi connectivity index (χ1n) is 4.65. The Morgan fingerprint density at radius 2 is 1.88 bits per heavy atom. The molecule has 0 fully saturated rings. The number of rotatable bonds is 1. The molecule has 0 bridgehead atoms. The molecule has 0 atom stereocenters. The Morgan fingerprint density at radius 1 is 1.00 bits per heavy atom. The molecule has 5 heteroatoms. The van der Waals surface area contributed by atoms with Crippen molar-refractivity contribution in [1.29, 1.82) is 0 Å². The largest absolute Gasteiger partial charge is 0.253 e. The van der Waals surface area contributed by atoms with Gasteiger partial charge in [-0.25, -0.2) is 9.97 Å². The molecule has 0 aromatic carbocycles. The van der Waals surface area contributed by atoms with Crippen molar-refractivity contribution in [1.82, 2.24) is 15.0 Å². The molecule has 0 saturated carbocycles. The second-order valence-electron chi connectivity index (χ2n) is 3.23. The number of aromatic nitrogens is 3. The van der Waals surface area contributed by atoms with E-state index in [0.29, 0.717) is 5.02 Å². The monoisotopic (exact) mass is 247 g/mol. The van der Waals surface area contributed by atoms with Crippen molar-refractivity contribution >= 4 is 33.3 Å². The highest BCUT2D eigenvalue weighted by Gasteiger charge is 2.03. The minimum atomic E-state index is 0.627. The number of fused-ring (bicyclic) bond motifs is 1. The van der Waals surface area contributed by atoms with Crippen LogP contribution in [-0.4, -0.2) is 15.0 Å². The van der Waals surface area contributed by atoms with Crippen LogP contribution in [0.5, 0.6) is 0 Å². The van der Waals surface area contributed by atoms with Gasteiger partial charge in [0.2, 0.25) is 0 Å². The van der Waals surface area contributed by atoms with Crippen molar-refractivity contribution in [2.75, 3.05) is 0 Å². The Labute approximate surface area is 101 Å². The predicted molar refractivity (Wildman–Crippen MR) is 65.7 cm³/mol. The molecule has 3 nitrogen and oxygen atoms in total. The lowest BCUT2D eigenvalue weighted by Gasteiger charge is -1.99. The molecule has 3 rings (SSSR count). The Kier molecular flexibility index (Phi) is 2.31. The molecular weight excluding hydrogens is 242 g/mol. The molecule has 0 spiro atoms. The first-order chi connectivity index (χ1) is 7.83. The maximum absolute atomic E-state index is 5.79. The summed E-state index contributed by atoms with van der Waals surface area (Å²) in [6.45, 7) is 0. The normalized spacial score (nSPS) is 10.8. The smallest absolute Gasteiger partial charge is 0.143 e. The molecule has 0 saturated heterocycles. The van der Waals surface area contributed by atoms with Gasteiger partial charge in [0.1, 0.15) is 4.83 Å². The van der Waals surface area contributed by atoms with Crippen LogP contribution in [0.4, 0.5) is 0 Å². The van der Waals surface area contributed by atoms with E-state index in [4.69, 9.17) is 11.6 Å². The first-order valence-corrected chi connectivity index (χ1v) is 5.91. The summed E-state index contributed by atoms with van der Waals surface area (Å²) in [6, 6.07) is 7.53. The molecule has 0 aliphatic rings. The van der Waals surface area contributed by atoms with E-state index in [0.717, 1.165) is 21.7 Å². The second kappa shape index (κ2) is 3.81. The molecule has 0 amide bonds. The van der Waals surface area contributed by atoms with E-state index in [-0.39, 0.29) is 0 Å². The van der Waals surface area contributed by atoms with E-state index in [1.807, 2.05) is 24.3 Å². The van der Waals surface area contributed by atoms with Crippen LogP contribution < -0.4 is 0 Å². The van der Waals surface area contributed by atoms with Crippen molar-refractivity contribution in [3.05, 3.63) is 41.0 Å². The summed E-state index contributed by atoms with van der Waals surface area (Å²) >= 11 is 7.31. The molecule has 3 aromatic rings. The number of thiazole rings is 1. The van der Waals surface area contributed by atoms with Crippen LogP contribution in [0, 0.1) is 0 Å². The van der Waals surface area contributed by atoms with Crippen molar-refractivity contribution in [3.8, 4) is 11.4 Å². The van der Waals surface area contributed by atoms with Gasteiger partial charge in [-0.05, 0) is 24.3 Å². The van der Waals surface area contributed by atoms with Gasteiger partial charge in [-0.1, -0.05) is 11.6 Å². The summed E-state index contributed by atoms with van der Waals surface area (Å²) in [6.07, 6.45) is 1.62. The fraction of sp³-hybridized carbons (Fsp3) is 0. The fourth-order valence-electron chi connectivity index (χ4n) is 1.42. The number of hydrogen-bond acceptors (Lipinski definition) is 4. The van der Waals surface area contributed by atoms with Crippen molar-refractivity contribution < 1.29 is 0 Å². The molecule has 0 radical (unpaired) electrons. The van der Waals surface area contributed by atoms with Gasteiger partial charge in [0.15, 0.2) is 0 Å². The van der Waals surface area contributed by atoms with E-state index >= 15 is 0 Å². The Balaban J connectivity index is 2.14. The minimum absolute atomic E-state index is 0.627. The van der Waals surface area contributed by atoms with Crippen LogP contribution in [0.2, 0.25) is 5.02 Å². The summed E-state index contributed by atoms with van der Waals surface area (Å²) in [5.74, 6) is 0. The minimum Gasteiger partial charge on any atom is -0.253 e. The SMILES string of the molecule is Clc1ccc(-c2ccc3ncsc3n2)nc1. The van der Waals surface area contributed by atoms with E-state index < -0.39 is 0 Å². The van der Waals surface area contributed by atoms with Crippen molar-refractivity contribution in [2.45, 2.75) is 0 Å². The highest BCUT2D eigenvalue weighted by molar-refractivity contribution is 7.16. The maximum Gasteiger partial charge on any atom is 0.143 e. The Morgan fingerprint density at radius 3 is 2.69 bits per heavy atom. The van der Waals surface area contributed by atoms with Crippen LogP contribution in [-0.2, 0) is 0 Å². The lowest BCUT2D eigenvalue weighted by Crippen LogP contribution is -1.86. The van der Waals surface area contributed by atoms with Gasteiger partial charge in [0.05, 0.1) is 27.4 Å². The van der Waals surface area contributed by atoms with Crippen molar-refractivity contribution in [3.63, 3.8) is 0 Å². The fourth-order valence-corrected chi connectivity index (χ4v) is 2.19. The maximum atomic E-state index is 5.79. The lowest BCUT2D eigenvalue weighted by molar-refractivity contribution is 1.28. The average molecular weight is 248 g/mol. The quantitative estimate of drug-likeness (QED) is 0.662. The van der Waals surface area contributed by atoms with E-state index in [1.54, 1.807) is 11.7 Å². The third kappa shape index (κ3) is 1.66. The second-order valence-corrected chi connectivity index (χ2v) is 4.50. The van der Waals surface area contributed by atoms with Gasteiger partial charge >= 0.3 is 0 Å². The van der Waals surface area contributed by atoms with Gasteiger partial charge in [0.25, 0.3) is 0 Å².